The van der Waals surface area contributed by atoms with Crippen molar-refractivity contribution < 1.29 is 9.53 Å². The van der Waals surface area contributed by atoms with Gasteiger partial charge in [0.1, 0.15) is 5.75 Å². The van der Waals surface area contributed by atoms with Crippen molar-refractivity contribution in [2.24, 2.45) is 4.99 Å². The van der Waals surface area contributed by atoms with Crippen LogP contribution in [0.2, 0.25) is 0 Å². The number of carbonyl (C=O) groups is 1. The molecule has 0 aliphatic carbocycles. The SMILES string of the molecule is CN=C(NCCCN1C(=O)COc2ccccc21)NC(C)c1cccs1.I. The van der Waals surface area contributed by atoms with Crippen LogP contribution < -0.4 is 20.3 Å². The molecule has 1 amide bonds. The molecule has 2 aromatic rings. The van der Waals surface area contributed by atoms with Gasteiger partial charge in [0.05, 0.1) is 11.7 Å². The number of anilines is 1. The van der Waals surface area contributed by atoms with Gasteiger partial charge in [0.25, 0.3) is 5.91 Å². The molecule has 2 heterocycles. The Morgan fingerprint density at radius 3 is 2.89 bits per heavy atom. The lowest BCUT2D eigenvalue weighted by Crippen LogP contribution is -2.42. The molecule has 6 nitrogen and oxygen atoms in total. The molecule has 3 rings (SSSR count). The van der Waals surface area contributed by atoms with E-state index in [1.54, 1.807) is 23.3 Å². The first-order valence-electron chi connectivity index (χ1n) is 8.72. The summed E-state index contributed by atoms with van der Waals surface area (Å²) in [5.74, 6) is 1.53. The molecule has 1 aliphatic rings. The van der Waals surface area contributed by atoms with Crippen molar-refractivity contribution in [3.05, 3.63) is 46.7 Å². The molecule has 2 N–H and O–H groups in total. The molecule has 0 spiro atoms. The van der Waals surface area contributed by atoms with Crippen molar-refractivity contribution in [2.45, 2.75) is 19.4 Å². The van der Waals surface area contributed by atoms with Crippen molar-refractivity contribution in [3.8, 4) is 5.75 Å². The number of guanidine groups is 1. The van der Waals surface area contributed by atoms with Crippen molar-refractivity contribution >= 4 is 52.9 Å². The molecular formula is C19H25IN4O2S. The summed E-state index contributed by atoms with van der Waals surface area (Å²) in [5.41, 5.74) is 0.845. The quantitative estimate of drug-likeness (QED) is 0.276. The lowest BCUT2D eigenvalue weighted by Gasteiger charge is -2.29. The second-order valence-electron chi connectivity index (χ2n) is 6.04. The number of hydrogen-bond acceptors (Lipinski definition) is 4. The summed E-state index contributed by atoms with van der Waals surface area (Å²) in [5, 5.41) is 8.77. The van der Waals surface area contributed by atoms with E-state index in [0.717, 1.165) is 30.4 Å². The Kier molecular flexibility index (Phi) is 8.36. The Labute approximate surface area is 181 Å². The molecule has 1 aromatic heterocycles. The van der Waals surface area contributed by atoms with Gasteiger partial charge >= 0.3 is 0 Å². The Morgan fingerprint density at radius 2 is 2.15 bits per heavy atom. The van der Waals surface area contributed by atoms with Crippen molar-refractivity contribution in [1.29, 1.82) is 0 Å². The number of hydrogen-bond donors (Lipinski definition) is 2. The normalized spacial score (nSPS) is 14.7. The molecule has 1 atom stereocenters. The largest absolute Gasteiger partial charge is 0.482 e. The van der Waals surface area contributed by atoms with Crippen LogP contribution in [0, 0.1) is 0 Å². The van der Waals surface area contributed by atoms with Gasteiger partial charge in [-0.25, -0.2) is 0 Å². The maximum absolute atomic E-state index is 12.2. The smallest absolute Gasteiger partial charge is 0.265 e. The van der Waals surface area contributed by atoms with Gasteiger partial charge in [-0.15, -0.1) is 35.3 Å². The van der Waals surface area contributed by atoms with E-state index in [2.05, 4.69) is 34.0 Å². The molecule has 1 aromatic carbocycles. The molecule has 27 heavy (non-hydrogen) atoms. The monoisotopic (exact) mass is 500 g/mol. The zero-order valence-corrected chi connectivity index (χ0v) is 18.6. The van der Waals surface area contributed by atoms with Crippen LogP contribution in [0.15, 0.2) is 46.8 Å². The van der Waals surface area contributed by atoms with E-state index in [4.69, 9.17) is 4.74 Å². The molecule has 1 unspecified atom stereocenters. The van der Waals surface area contributed by atoms with E-state index in [9.17, 15) is 4.79 Å². The minimum absolute atomic E-state index is 0. The number of halogens is 1. The predicted molar refractivity (Wildman–Crippen MR) is 122 cm³/mol. The van der Waals surface area contributed by atoms with E-state index >= 15 is 0 Å². The highest BCUT2D eigenvalue weighted by Crippen LogP contribution is 2.31. The number of aliphatic imine (C=N–C) groups is 1. The summed E-state index contributed by atoms with van der Waals surface area (Å²) in [6, 6.07) is 12.0. The van der Waals surface area contributed by atoms with Crippen molar-refractivity contribution in [3.63, 3.8) is 0 Å². The third kappa shape index (κ3) is 5.58. The second-order valence-corrected chi connectivity index (χ2v) is 7.02. The summed E-state index contributed by atoms with van der Waals surface area (Å²) < 4.78 is 5.47. The minimum atomic E-state index is -0.00229. The summed E-state index contributed by atoms with van der Waals surface area (Å²) in [6.07, 6.45) is 0.814. The van der Waals surface area contributed by atoms with E-state index in [1.807, 2.05) is 30.3 Å². The van der Waals surface area contributed by atoms with Crippen molar-refractivity contribution in [1.82, 2.24) is 10.6 Å². The van der Waals surface area contributed by atoms with E-state index in [1.165, 1.54) is 4.88 Å². The Hall–Kier alpha value is -1.81. The first kappa shape index (κ1) is 21.5. The maximum Gasteiger partial charge on any atom is 0.265 e. The van der Waals surface area contributed by atoms with Gasteiger partial charge in [0.15, 0.2) is 12.6 Å². The average Bonchev–Trinajstić information content (AvgIpc) is 3.20. The van der Waals surface area contributed by atoms with Gasteiger partial charge in [-0.05, 0) is 36.9 Å². The zero-order valence-electron chi connectivity index (χ0n) is 15.5. The summed E-state index contributed by atoms with van der Waals surface area (Å²) in [4.78, 5) is 19.5. The van der Waals surface area contributed by atoms with E-state index < -0.39 is 0 Å². The van der Waals surface area contributed by atoms with Crippen LogP contribution in [0.1, 0.15) is 24.3 Å². The van der Waals surface area contributed by atoms with Crippen molar-refractivity contribution in [2.75, 3.05) is 31.6 Å². The highest BCUT2D eigenvalue weighted by atomic mass is 127. The fourth-order valence-electron chi connectivity index (χ4n) is 2.85. The number of nitrogens with zero attached hydrogens (tertiary/aromatic N) is 2. The first-order chi connectivity index (χ1) is 12.7. The molecule has 0 saturated carbocycles. The highest BCUT2D eigenvalue weighted by Gasteiger charge is 2.24. The molecule has 146 valence electrons. The summed E-state index contributed by atoms with van der Waals surface area (Å²) in [6.45, 7) is 3.58. The molecule has 1 aliphatic heterocycles. The average molecular weight is 500 g/mol. The topological polar surface area (TPSA) is 66.0 Å². The second kappa shape index (κ2) is 10.5. The number of benzene rings is 1. The Morgan fingerprint density at radius 1 is 1.33 bits per heavy atom. The summed E-state index contributed by atoms with van der Waals surface area (Å²) >= 11 is 1.72. The molecule has 0 bridgehead atoms. The molecule has 8 heteroatoms. The Bertz CT molecular complexity index is 767. The maximum atomic E-state index is 12.2. The predicted octanol–water partition coefficient (Wildman–Crippen LogP) is 3.41. The third-order valence-corrected chi connectivity index (χ3v) is 5.26. The number of para-hydroxylation sites is 2. The van der Waals surface area contributed by atoms with Gasteiger partial charge in [-0.1, -0.05) is 18.2 Å². The molecule has 0 radical (unpaired) electrons. The minimum Gasteiger partial charge on any atom is -0.482 e. The Balaban J connectivity index is 0.00000261. The number of fused-ring (bicyclic) bond motifs is 1. The molecule has 0 saturated heterocycles. The fraction of sp³-hybridized carbons (Fsp3) is 0.368. The van der Waals surface area contributed by atoms with Crippen LogP contribution in [0.25, 0.3) is 0 Å². The van der Waals surface area contributed by atoms with Gasteiger partial charge in [-0.3, -0.25) is 9.79 Å². The number of nitrogens with one attached hydrogen (secondary N) is 2. The fourth-order valence-corrected chi connectivity index (χ4v) is 3.59. The van der Waals surface area contributed by atoms with Gasteiger partial charge < -0.3 is 20.3 Å². The van der Waals surface area contributed by atoms with Gasteiger partial charge in [0.2, 0.25) is 0 Å². The number of amides is 1. The molecule has 0 fully saturated rings. The number of rotatable bonds is 6. The lowest BCUT2D eigenvalue weighted by molar-refractivity contribution is -0.121. The van der Waals surface area contributed by atoms with Crippen LogP contribution in [0.5, 0.6) is 5.75 Å². The molecular weight excluding hydrogens is 475 g/mol. The van der Waals surface area contributed by atoms with Gasteiger partial charge in [-0.2, -0.15) is 0 Å². The number of carbonyl (C=O) groups excluding carboxylic acids is 1. The standard InChI is InChI=1S/C19H24N4O2S.HI/c1-14(17-9-5-12-26-17)22-19(20-2)21-10-6-11-23-15-7-3-4-8-16(15)25-13-18(23)24;/h3-5,7-9,12,14H,6,10-11,13H2,1-2H3,(H2,20,21,22);1H. The first-order valence-corrected chi connectivity index (χ1v) is 9.60. The highest BCUT2D eigenvalue weighted by molar-refractivity contribution is 14.0. The van der Waals surface area contributed by atoms with Crippen LogP contribution in [-0.2, 0) is 4.79 Å². The lowest BCUT2D eigenvalue weighted by atomic mass is 10.2. The summed E-state index contributed by atoms with van der Waals surface area (Å²) in [7, 11) is 1.76. The third-order valence-electron chi connectivity index (χ3n) is 4.21. The van der Waals surface area contributed by atoms with Crippen LogP contribution >= 0.6 is 35.3 Å². The zero-order chi connectivity index (χ0) is 18.4. The van der Waals surface area contributed by atoms with Crippen LogP contribution in [0.3, 0.4) is 0 Å². The van der Waals surface area contributed by atoms with Gasteiger partial charge in [0, 0.05) is 25.0 Å². The van der Waals surface area contributed by atoms with Crippen LogP contribution in [-0.4, -0.2) is 38.6 Å². The van der Waals surface area contributed by atoms with E-state index in [0.29, 0.717) is 6.54 Å². The number of thiophene rings is 1. The number of ether oxygens (including phenoxy) is 1. The van der Waals surface area contributed by atoms with Crippen LogP contribution in [0.4, 0.5) is 5.69 Å². The van der Waals surface area contributed by atoms with E-state index in [-0.39, 0.29) is 42.5 Å².